The van der Waals surface area contributed by atoms with E-state index in [0.717, 1.165) is 0 Å². The number of aromatic nitrogens is 4. The molecule has 0 amide bonds. The van der Waals surface area contributed by atoms with E-state index in [4.69, 9.17) is 22.5 Å². The Kier molecular flexibility index (Phi) is 3.24. The van der Waals surface area contributed by atoms with Gasteiger partial charge in [0.25, 0.3) is 0 Å². The first-order valence-electron chi connectivity index (χ1n) is 4.81. The van der Waals surface area contributed by atoms with E-state index in [1.54, 1.807) is 19.2 Å². The number of aryl methyl sites for hydroxylation is 1. The second-order valence-corrected chi connectivity index (χ2v) is 3.66. The van der Waals surface area contributed by atoms with E-state index in [2.05, 4.69) is 25.4 Å². The fourth-order valence-electron chi connectivity index (χ4n) is 1.15. The molecular weight excluding hydrogens is 240 g/mol. The molecule has 17 heavy (non-hydrogen) atoms. The first kappa shape index (κ1) is 11.4. The average Bonchev–Trinajstić information content (AvgIpc) is 2.73. The third-order valence-electron chi connectivity index (χ3n) is 1.88. The molecule has 0 radical (unpaired) electrons. The Hall–Kier alpha value is -2.09. The first-order chi connectivity index (χ1) is 8.15. The Bertz CT molecular complexity index is 540. The average molecular weight is 250 g/mol. The summed E-state index contributed by atoms with van der Waals surface area (Å²) in [6.07, 6.45) is 1.57. The summed E-state index contributed by atoms with van der Waals surface area (Å²) in [6.45, 7) is 2.10. The highest BCUT2D eigenvalue weighted by atomic mass is 32.1. The number of nitrogens with zero attached hydrogens (tertiary/aromatic N) is 4. The van der Waals surface area contributed by atoms with Gasteiger partial charge in [-0.1, -0.05) is 17.4 Å². The molecule has 0 unspecified atom stereocenters. The molecule has 0 saturated carbocycles. The lowest BCUT2D eigenvalue weighted by Crippen LogP contribution is -2.13. The number of hydrogen-bond acceptors (Lipinski definition) is 7. The van der Waals surface area contributed by atoms with Crippen LogP contribution in [0.2, 0.25) is 0 Å². The van der Waals surface area contributed by atoms with Crippen molar-refractivity contribution < 1.29 is 4.52 Å². The number of anilines is 1. The monoisotopic (exact) mass is 250 g/mol. The molecule has 2 heterocycles. The molecule has 2 aromatic heterocycles. The van der Waals surface area contributed by atoms with E-state index in [9.17, 15) is 0 Å². The molecule has 0 aromatic carbocycles. The highest BCUT2D eigenvalue weighted by Crippen LogP contribution is 2.03. The van der Waals surface area contributed by atoms with Gasteiger partial charge in [-0.05, 0) is 13.0 Å². The van der Waals surface area contributed by atoms with Gasteiger partial charge in [0, 0.05) is 6.20 Å². The zero-order chi connectivity index (χ0) is 12.3. The summed E-state index contributed by atoms with van der Waals surface area (Å²) >= 11 is 4.82. The third-order valence-corrected chi connectivity index (χ3v) is 2.08. The standard InChI is InChI=1S/C9H10N6OS/c1-5-13-7(16-15-5)4-12-9-11-3-2-6(14-9)8(10)17/h2-3H,4H2,1H3,(H2,10,17)(H,11,12,14). The second kappa shape index (κ2) is 4.83. The fraction of sp³-hybridized carbons (Fsp3) is 0.222. The molecule has 7 nitrogen and oxygen atoms in total. The van der Waals surface area contributed by atoms with Crippen LogP contribution in [-0.2, 0) is 6.54 Å². The molecular formula is C9H10N6OS. The van der Waals surface area contributed by atoms with Gasteiger partial charge < -0.3 is 15.6 Å². The van der Waals surface area contributed by atoms with Crippen molar-refractivity contribution >= 4 is 23.2 Å². The van der Waals surface area contributed by atoms with Gasteiger partial charge in [0.15, 0.2) is 5.82 Å². The van der Waals surface area contributed by atoms with Crippen LogP contribution in [0.1, 0.15) is 17.4 Å². The summed E-state index contributed by atoms with van der Waals surface area (Å²) in [5, 5.41) is 6.60. The van der Waals surface area contributed by atoms with Gasteiger partial charge >= 0.3 is 0 Å². The van der Waals surface area contributed by atoms with Crippen molar-refractivity contribution in [2.45, 2.75) is 13.5 Å². The molecule has 0 saturated heterocycles. The Morgan fingerprint density at radius 2 is 2.35 bits per heavy atom. The summed E-state index contributed by atoms with van der Waals surface area (Å²) in [4.78, 5) is 12.4. The maximum atomic E-state index is 5.47. The van der Waals surface area contributed by atoms with Crippen molar-refractivity contribution in [2.24, 2.45) is 5.73 Å². The van der Waals surface area contributed by atoms with Gasteiger partial charge in [0.05, 0.1) is 6.54 Å². The molecule has 3 N–H and O–H groups in total. The lowest BCUT2D eigenvalue weighted by molar-refractivity contribution is 0.379. The number of hydrogen-bond donors (Lipinski definition) is 2. The maximum absolute atomic E-state index is 5.47. The van der Waals surface area contributed by atoms with Gasteiger partial charge in [0.1, 0.15) is 10.7 Å². The van der Waals surface area contributed by atoms with Crippen molar-refractivity contribution in [3.8, 4) is 0 Å². The lowest BCUT2D eigenvalue weighted by Gasteiger charge is -2.02. The fourth-order valence-corrected chi connectivity index (χ4v) is 1.26. The number of nitrogens with one attached hydrogen (secondary N) is 1. The van der Waals surface area contributed by atoms with E-state index < -0.39 is 0 Å². The zero-order valence-corrected chi connectivity index (χ0v) is 9.86. The summed E-state index contributed by atoms with van der Waals surface area (Å²) < 4.78 is 4.93. The molecule has 0 aliphatic heterocycles. The van der Waals surface area contributed by atoms with E-state index in [1.165, 1.54) is 0 Å². The van der Waals surface area contributed by atoms with Crippen LogP contribution in [0, 0.1) is 6.92 Å². The number of thiocarbonyl (C=S) groups is 1. The quantitative estimate of drug-likeness (QED) is 0.752. The SMILES string of the molecule is Cc1noc(CNc2nccc(C(N)=S)n2)n1. The molecule has 0 spiro atoms. The van der Waals surface area contributed by atoms with Crippen molar-refractivity contribution in [3.05, 3.63) is 29.7 Å². The van der Waals surface area contributed by atoms with Crippen LogP contribution in [0.25, 0.3) is 0 Å². The van der Waals surface area contributed by atoms with Crippen LogP contribution in [-0.4, -0.2) is 25.1 Å². The topological polar surface area (TPSA) is 103 Å². The highest BCUT2D eigenvalue weighted by Gasteiger charge is 2.05. The van der Waals surface area contributed by atoms with E-state index >= 15 is 0 Å². The largest absolute Gasteiger partial charge is 0.388 e. The van der Waals surface area contributed by atoms with Gasteiger partial charge in [-0.25, -0.2) is 9.97 Å². The molecule has 0 aliphatic rings. The normalized spacial score (nSPS) is 10.2. The molecule has 0 atom stereocenters. The van der Waals surface area contributed by atoms with Crippen molar-refractivity contribution in [1.82, 2.24) is 20.1 Å². The van der Waals surface area contributed by atoms with Gasteiger partial charge in [-0.3, -0.25) is 0 Å². The Morgan fingerprint density at radius 1 is 1.53 bits per heavy atom. The molecule has 0 aliphatic carbocycles. The van der Waals surface area contributed by atoms with Crippen LogP contribution in [0.5, 0.6) is 0 Å². The van der Waals surface area contributed by atoms with E-state index in [-0.39, 0.29) is 4.99 Å². The molecule has 88 valence electrons. The minimum absolute atomic E-state index is 0.226. The smallest absolute Gasteiger partial charge is 0.246 e. The molecule has 0 fully saturated rings. The maximum Gasteiger partial charge on any atom is 0.246 e. The van der Waals surface area contributed by atoms with Crippen LogP contribution >= 0.6 is 12.2 Å². The molecule has 2 aromatic rings. The van der Waals surface area contributed by atoms with Gasteiger partial charge in [-0.2, -0.15) is 4.98 Å². The predicted octanol–water partition coefficient (Wildman–Crippen LogP) is 0.414. The Balaban J connectivity index is 2.04. The van der Waals surface area contributed by atoms with Crippen molar-refractivity contribution in [1.29, 1.82) is 0 Å². The second-order valence-electron chi connectivity index (χ2n) is 3.22. The van der Waals surface area contributed by atoms with Crippen LogP contribution in [0.3, 0.4) is 0 Å². The third kappa shape index (κ3) is 2.94. The van der Waals surface area contributed by atoms with E-state index in [0.29, 0.717) is 29.9 Å². The number of rotatable bonds is 4. The zero-order valence-electron chi connectivity index (χ0n) is 9.04. The summed E-state index contributed by atoms with van der Waals surface area (Å²) in [7, 11) is 0. The Labute approximate surface area is 102 Å². The Morgan fingerprint density at radius 3 is 3.00 bits per heavy atom. The highest BCUT2D eigenvalue weighted by molar-refractivity contribution is 7.80. The minimum Gasteiger partial charge on any atom is -0.388 e. The molecule has 8 heteroatoms. The van der Waals surface area contributed by atoms with Gasteiger partial charge in [0.2, 0.25) is 11.8 Å². The lowest BCUT2D eigenvalue weighted by atomic mass is 10.4. The van der Waals surface area contributed by atoms with Crippen LogP contribution < -0.4 is 11.1 Å². The van der Waals surface area contributed by atoms with Crippen molar-refractivity contribution in [3.63, 3.8) is 0 Å². The van der Waals surface area contributed by atoms with Crippen LogP contribution in [0.4, 0.5) is 5.95 Å². The summed E-state index contributed by atoms with van der Waals surface area (Å²) in [5.41, 5.74) is 5.98. The summed E-state index contributed by atoms with van der Waals surface area (Å²) in [6, 6.07) is 1.64. The van der Waals surface area contributed by atoms with Crippen LogP contribution in [0.15, 0.2) is 16.8 Å². The minimum atomic E-state index is 0.226. The molecule has 2 rings (SSSR count). The van der Waals surface area contributed by atoms with E-state index in [1.807, 2.05) is 0 Å². The summed E-state index contributed by atoms with van der Waals surface area (Å²) in [5.74, 6) is 1.46. The first-order valence-corrected chi connectivity index (χ1v) is 5.22. The number of nitrogens with two attached hydrogens (primary N) is 1. The predicted molar refractivity (Wildman–Crippen MR) is 64.3 cm³/mol. The van der Waals surface area contributed by atoms with Crippen molar-refractivity contribution in [2.75, 3.05) is 5.32 Å². The molecule has 0 bridgehead atoms. The van der Waals surface area contributed by atoms with Gasteiger partial charge in [-0.15, -0.1) is 0 Å².